The Morgan fingerprint density at radius 2 is 1.77 bits per heavy atom. The van der Waals surface area contributed by atoms with Crippen LogP contribution in [0.3, 0.4) is 0 Å². The number of fused-ring (bicyclic) bond motifs is 1. The van der Waals surface area contributed by atoms with E-state index in [2.05, 4.69) is 5.32 Å². The third kappa shape index (κ3) is 3.68. The summed E-state index contributed by atoms with van der Waals surface area (Å²) in [7, 11) is -3.73. The predicted octanol–water partition coefficient (Wildman–Crippen LogP) is 5.04. The van der Waals surface area contributed by atoms with E-state index in [9.17, 15) is 13.2 Å². The van der Waals surface area contributed by atoms with Gasteiger partial charge in [0.05, 0.1) is 10.6 Å². The van der Waals surface area contributed by atoms with Crippen molar-refractivity contribution >= 4 is 38.9 Å². The van der Waals surface area contributed by atoms with Gasteiger partial charge in [0.1, 0.15) is 0 Å². The first-order valence-corrected chi connectivity index (χ1v) is 11.4. The number of halogens is 1. The highest BCUT2D eigenvalue weighted by Gasteiger charge is 2.36. The molecule has 1 amide bonds. The number of carbonyl (C=O) groups excluding carboxylic acids is 1. The summed E-state index contributed by atoms with van der Waals surface area (Å²) >= 11 is 5.90. The first-order chi connectivity index (χ1) is 14.3. The molecule has 1 atom stereocenters. The van der Waals surface area contributed by atoms with Crippen molar-refractivity contribution in [3.8, 4) is 0 Å². The van der Waals surface area contributed by atoms with Crippen LogP contribution in [0.15, 0.2) is 71.6 Å². The molecule has 0 radical (unpaired) electrons. The van der Waals surface area contributed by atoms with Crippen LogP contribution >= 0.6 is 11.6 Å². The van der Waals surface area contributed by atoms with Gasteiger partial charge in [-0.25, -0.2) is 8.42 Å². The number of para-hydroxylation sites is 1. The Labute approximate surface area is 181 Å². The summed E-state index contributed by atoms with van der Waals surface area (Å²) in [4.78, 5) is 12.9. The van der Waals surface area contributed by atoms with Crippen molar-refractivity contribution in [2.45, 2.75) is 31.2 Å². The highest BCUT2D eigenvalue weighted by Crippen LogP contribution is 2.37. The van der Waals surface area contributed by atoms with Gasteiger partial charge in [-0.3, -0.25) is 9.10 Å². The molecule has 0 spiro atoms. The van der Waals surface area contributed by atoms with Crippen LogP contribution in [0.5, 0.6) is 0 Å². The molecule has 3 aromatic rings. The first kappa shape index (κ1) is 20.4. The minimum Gasteiger partial charge on any atom is -0.322 e. The Morgan fingerprint density at radius 1 is 1.07 bits per heavy atom. The predicted molar refractivity (Wildman–Crippen MR) is 120 cm³/mol. The second-order valence-electron chi connectivity index (χ2n) is 7.42. The highest BCUT2D eigenvalue weighted by molar-refractivity contribution is 7.92. The van der Waals surface area contributed by atoms with Crippen LogP contribution in [0, 0.1) is 6.92 Å². The Kier molecular flexibility index (Phi) is 5.30. The molecule has 1 aliphatic heterocycles. The van der Waals surface area contributed by atoms with Crippen molar-refractivity contribution in [1.82, 2.24) is 0 Å². The van der Waals surface area contributed by atoms with E-state index in [0.29, 0.717) is 22.7 Å². The van der Waals surface area contributed by atoms with E-state index in [-0.39, 0.29) is 16.8 Å². The number of rotatable bonds is 4. The van der Waals surface area contributed by atoms with Crippen LogP contribution in [-0.4, -0.2) is 20.4 Å². The van der Waals surface area contributed by atoms with Gasteiger partial charge in [0.15, 0.2) is 0 Å². The molecular weight excluding hydrogens is 420 g/mol. The molecule has 7 heteroatoms. The molecule has 3 aromatic carbocycles. The largest absolute Gasteiger partial charge is 0.322 e. The lowest BCUT2D eigenvalue weighted by atomic mass is 10.1. The van der Waals surface area contributed by atoms with Crippen LogP contribution < -0.4 is 9.62 Å². The number of nitrogens with one attached hydrogen (secondary N) is 1. The molecule has 1 aliphatic rings. The number of aryl methyl sites for hydroxylation is 1. The van der Waals surface area contributed by atoms with Gasteiger partial charge >= 0.3 is 0 Å². The molecule has 4 rings (SSSR count). The van der Waals surface area contributed by atoms with Gasteiger partial charge in [0.2, 0.25) is 0 Å². The number of anilines is 2. The Bertz CT molecular complexity index is 1220. The van der Waals surface area contributed by atoms with E-state index in [0.717, 1.165) is 16.8 Å². The van der Waals surface area contributed by atoms with Gasteiger partial charge in [-0.05, 0) is 79.9 Å². The van der Waals surface area contributed by atoms with Gasteiger partial charge < -0.3 is 5.32 Å². The normalized spacial score (nSPS) is 15.7. The molecule has 1 heterocycles. The van der Waals surface area contributed by atoms with Crippen molar-refractivity contribution in [1.29, 1.82) is 0 Å². The Hall–Kier alpha value is -2.83. The number of nitrogens with zero attached hydrogens (tertiary/aromatic N) is 1. The van der Waals surface area contributed by atoms with Crippen LogP contribution in [0.1, 0.15) is 28.4 Å². The highest BCUT2D eigenvalue weighted by atomic mass is 35.5. The minimum absolute atomic E-state index is 0.188. The minimum atomic E-state index is -3.73. The van der Waals surface area contributed by atoms with E-state index >= 15 is 0 Å². The fraction of sp³-hybridized carbons (Fsp3) is 0.174. The van der Waals surface area contributed by atoms with Crippen molar-refractivity contribution < 1.29 is 13.2 Å². The SMILES string of the molecule is Cc1ccccc1NC(=O)c1ccc2c(c1)C[C@H](C)N2S(=O)(=O)c1ccc(Cl)cc1. The molecule has 0 aliphatic carbocycles. The smallest absolute Gasteiger partial charge is 0.264 e. The zero-order valence-corrected chi connectivity index (χ0v) is 18.2. The van der Waals surface area contributed by atoms with Crippen molar-refractivity contribution in [3.63, 3.8) is 0 Å². The maximum atomic E-state index is 13.2. The number of benzene rings is 3. The summed E-state index contributed by atoms with van der Waals surface area (Å²) in [6.07, 6.45) is 0.535. The first-order valence-electron chi connectivity index (χ1n) is 9.57. The van der Waals surface area contributed by atoms with Crippen LogP contribution in [0.2, 0.25) is 5.02 Å². The molecular formula is C23H21ClN2O3S. The summed E-state index contributed by atoms with van der Waals surface area (Å²) in [5.41, 5.74) is 3.65. The molecule has 0 unspecified atom stereocenters. The number of sulfonamides is 1. The zero-order valence-electron chi connectivity index (χ0n) is 16.6. The second kappa shape index (κ2) is 7.78. The molecule has 154 valence electrons. The van der Waals surface area contributed by atoms with Crippen LogP contribution in [-0.2, 0) is 16.4 Å². The number of amides is 1. The van der Waals surface area contributed by atoms with Gasteiger partial charge in [-0.15, -0.1) is 0 Å². The number of carbonyl (C=O) groups is 1. The zero-order chi connectivity index (χ0) is 21.5. The Balaban J connectivity index is 1.64. The maximum Gasteiger partial charge on any atom is 0.264 e. The lowest BCUT2D eigenvalue weighted by Gasteiger charge is -2.24. The number of hydrogen-bond acceptors (Lipinski definition) is 3. The summed E-state index contributed by atoms with van der Waals surface area (Å²) in [6, 6.07) is 18.6. The molecule has 0 saturated carbocycles. The molecule has 1 N–H and O–H groups in total. The van der Waals surface area contributed by atoms with Crippen LogP contribution in [0.4, 0.5) is 11.4 Å². The van der Waals surface area contributed by atoms with E-state index in [1.54, 1.807) is 30.3 Å². The molecule has 0 fully saturated rings. The quantitative estimate of drug-likeness (QED) is 0.618. The van der Waals surface area contributed by atoms with E-state index in [1.165, 1.54) is 16.4 Å². The molecule has 30 heavy (non-hydrogen) atoms. The average molecular weight is 441 g/mol. The lowest BCUT2D eigenvalue weighted by molar-refractivity contribution is 0.102. The van der Waals surface area contributed by atoms with Gasteiger partial charge in [-0.1, -0.05) is 29.8 Å². The van der Waals surface area contributed by atoms with E-state index < -0.39 is 10.0 Å². The summed E-state index contributed by atoms with van der Waals surface area (Å²) < 4.78 is 27.9. The average Bonchev–Trinajstić information content (AvgIpc) is 3.05. The van der Waals surface area contributed by atoms with Crippen LogP contribution in [0.25, 0.3) is 0 Å². The third-order valence-electron chi connectivity index (χ3n) is 5.26. The molecule has 0 aromatic heterocycles. The van der Waals surface area contributed by atoms with E-state index in [4.69, 9.17) is 11.6 Å². The Morgan fingerprint density at radius 3 is 2.47 bits per heavy atom. The van der Waals surface area contributed by atoms with Gasteiger partial charge in [-0.2, -0.15) is 0 Å². The molecule has 0 bridgehead atoms. The maximum absolute atomic E-state index is 13.2. The van der Waals surface area contributed by atoms with Crippen molar-refractivity contribution in [2.24, 2.45) is 0 Å². The standard InChI is InChI=1S/C23H21ClN2O3S/c1-15-5-3-4-6-21(15)25-23(27)17-7-12-22-18(14-17)13-16(2)26(22)30(28,29)20-10-8-19(24)9-11-20/h3-12,14,16H,13H2,1-2H3,(H,25,27)/t16-/m0/s1. The summed E-state index contributed by atoms with van der Waals surface area (Å²) in [5, 5.41) is 3.40. The van der Waals surface area contributed by atoms with Gasteiger partial charge in [0.25, 0.3) is 15.9 Å². The van der Waals surface area contributed by atoms with Gasteiger partial charge in [0, 0.05) is 22.3 Å². The fourth-order valence-electron chi connectivity index (χ4n) is 3.74. The summed E-state index contributed by atoms with van der Waals surface area (Å²) in [5.74, 6) is -0.223. The molecule has 0 saturated heterocycles. The van der Waals surface area contributed by atoms with E-state index in [1.807, 2.05) is 38.1 Å². The summed E-state index contributed by atoms with van der Waals surface area (Å²) in [6.45, 7) is 3.79. The second-order valence-corrected chi connectivity index (χ2v) is 9.67. The lowest BCUT2D eigenvalue weighted by Crippen LogP contribution is -2.35. The topological polar surface area (TPSA) is 66.5 Å². The van der Waals surface area contributed by atoms with Crippen molar-refractivity contribution in [3.05, 3.63) is 88.4 Å². The fourth-order valence-corrected chi connectivity index (χ4v) is 5.56. The third-order valence-corrected chi connectivity index (χ3v) is 7.45. The number of hydrogen-bond donors (Lipinski definition) is 1. The van der Waals surface area contributed by atoms with Crippen molar-refractivity contribution in [2.75, 3.05) is 9.62 Å². The molecule has 5 nitrogen and oxygen atoms in total. The monoisotopic (exact) mass is 440 g/mol.